The number of hydrogen-bond donors (Lipinski definition) is 0. The highest BCUT2D eigenvalue weighted by molar-refractivity contribution is 5.88. The SMILES string of the molecule is COC(=O)c1nc(C#CCCN2CCN(C(c3ccccc3)c3ccccc3)CC2)ccc1C. The number of carbonyl (C=O) groups excluding carboxylic acids is 1. The van der Waals surface area contributed by atoms with Crippen LogP contribution < -0.4 is 0 Å². The topological polar surface area (TPSA) is 45.7 Å². The van der Waals surface area contributed by atoms with Crippen LogP contribution in [0.15, 0.2) is 72.8 Å². The predicted molar refractivity (Wildman–Crippen MR) is 135 cm³/mol. The number of esters is 1. The van der Waals surface area contributed by atoms with E-state index in [2.05, 4.69) is 87.3 Å². The monoisotopic (exact) mass is 453 g/mol. The van der Waals surface area contributed by atoms with Gasteiger partial charge in [-0.25, -0.2) is 9.78 Å². The number of carbonyl (C=O) groups is 1. The molecule has 0 aliphatic carbocycles. The van der Waals surface area contributed by atoms with Gasteiger partial charge >= 0.3 is 5.97 Å². The number of ether oxygens (including phenoxy) is 1. The summed E-state index contributed by atoms with van der Waals surface area (Å²) in [5, 5.41) is 0. The summed E-state index contributed by atoms with van der Waals surface area (Å²) in [6, 6.07) is 25.5. The highest BCUT2D eigenvalue weighted by atomic mass is 16.5. The Hall–Kier alpha value is -3.46. The van der Waals surface area contributed by atoms with Crippen LogP contribution in [0.2, 0.25) is 0 Å². The van der Waals surface area contributed by atoms with Gasteiger partial charge in [0, 0.05) is 39.1 Å². The summed E-state index contributed by atoms with van der Waals surface area (Å²) >= 11 is 0. The summed E-state index contributed by atoms with van der Waals surface area (Å²) in [5.74, 6) is 5.89. The third kappa shape index (κ3) is 5.91. The lowest BCUT2D eigenvalue weighted by atomic mass is 9.96. The molecule has 0 bridgehead atoms. The normalized spacial score (nSPS) is 14.4. The zero-order valence-electron chi connectivity index (χ0n) is 19.9. The number of aromatic nitrogens is 1. The average Bonchev–Trinajstić information content (AvgIpc) is 2.89. The van der Waals surface area contributed by atoms with Crippen LogP contribution >= 0.6 is 0 Å². The Bertz CT molecular complexity index is 1100. The molecule has 2 heterocycles. The smallest absolute Gasteiger partial charge is 0.356 e. The van der Waals surface area contributed by atoms with Crippen LogP contribution in [0.4, 0.5) is 0 Å². The molecule has 5 heteroatoms. The van der Waals surface area contributed by atoms with Crippen molar-refractivity contribution in [1.29, 1.82) is 0 Å². The number of aryl methyl sites for hydroxylation is 1. The van der Waals surface area contributed by atoms with Crippen molar-refractivity contribution < 1.29 is 9.53 Å². The van der Waals surface area contributed by atoms with Gasteiger partial charge in [0.25, 0.3) is 0 Å². The van der Waals surface area contributed by atoms with Crippen LogP contribution in [0.5, 0.6) is 0 Å². The zero-order chi connectivity index (χ0) is 23.8. The van der Waals surface area contributed by atoms with E-state index in [0.29, 0.717) is 11.4 Å². The average molecular weight is 454 g/mol. The Morgan fingerprint density at radius 3 is 2.15 bits per heavy atom. The minimum Gasteiger partial charge on any atom is -0.464 e. The molecular weight excluding hydrogens is 422 g/mol. The van der Waals surface area contributed by atoms with Crippen molar-refractivity contribution in [3.05, 3.63) is 101 Å². The first kappa shape index (κ1) is 23.7. The molecule has 1 aromatic heterocycles. The van der Waals surface area contributed by atoms with E-state index in [0.717, 1.165) is 44.7 Å². The maximum Gasteiger partial charge on any atom is 0.356 e. The number of rotatable bonds is 6. The van der Waals surface area contributed by atoms with E-state index in [-0.39, 0.29) is 6.04 Å². The Morgan fingerprint density at radius 1 is 0.941 bits per heavy atom. The highest BCUT2D eigenvalue weighted by Gasteiger charge is 2.26. The van der Waals surface area contributed by atoms with Crippen molar-refractivity contribution in [2.75, 3.05) is 39.8 Å². The molecule has 34 heavy (non-hydrogen) atoms. The third-order valence-electron chi connectivity index (χ3n) is 6.25. The van der Waals surface area contributed by atoms with E-state index in [1.165, 1.54) is 18.2 Å². The summed E-state index contributed by atoms with van der Waals surface area (Å²) in [5.41, 5.74) is 4.40. The number of benzene rings is 2. The van der Waals surface area contributed by atoms with Gasteiger partial charge in [0.05, 0.1) is 13.2 Å². The van der Waals surface area contributed by atoms with Gasteiger partial charge in [0.2, 0.25) is 0 Å². The van der Waals surface area contributed by atoms with E-state index < -0.39 is 5.97 Å². The molecule has 0 N–H and O–H groups in total. The lowest BCUT2D eigenvalue weighted by Crippen LogP contribution is -2.48. The Labute approximate surface area is 202 Å². The van der Waals surface area contributed by atoms with Crippen LogP contribution in [0.25, 0.3) is 0 Å². The van der Waals surface area contributed by atoms with E-state index in [9.17, 15) is 4.79 Å². The zero-order valence-corrected chi connectivity index (χ0v) is 19.9. The van der Waals surface area contributed by atoms with Gasteiger partial charge in [-0.15, -0.1) is 0 Å². The summed E-state index contributed by atoms with van der Waals surface area (Å²) in [7, 11) is 1.36. The molecular formula is C29H31N3O2. The van der Waals surface area contributed by atoms with Gasteiger partial charge in [-0.2, -0.15) is 0 Å². The molecule has 174 valence electrons. The minimum atomic E-state index is -0.427. The van der Waals surface area contributed by atoms with Gasteiger partial charge < -0.3 is 4.74 Å². The maximum absolute atomic E-state index is 11.8. The Balaban J connectivity index is 1.34. The van der Waals surface area contributed by atoms with Crippen molar-refractivity contribution in [3.8, 4) is 11.8 Å². The van der Waals surface area contributed by atoms with Crippen molar-refractivity contribution >= 4 is 5.97 Å². The van der Waals surface area contributed by atoms with Crippen LogP contribution in [-0.2, 0) is 4.74 Å². The molecule has 3 aromatic rings. The summed E-state index contributed by atoms with van der Waals surface area (Å²) in [6.07, 6.45) is 0.768. The fraction of sp³-hybridized carbons (Fsp3) is 0.310. The van der Waals surface area contributed by atoms with E-state index in [1.54, 1.807) is 0 Å². The molecule has 0 atom stereocenters. The first-order valence-corrected chi connectivity index (χ1v) is 11.8. The molecule has 0 amide bonds. The van der Waals surface area contributed by atoms with E-state index >= 15 is 0 Å². The first-order valence-electron chi connectivity index (χ1n) is 11.8. The summed E-state index contributed by atoms with van der Waals surface area (Å²) in [6.45, 7) is 6.85. The molecule has 1 saturated heterocycles. The fourth-order valence-electron chi connectivity index (χ4n) is 4.40. The van der Waals surface area contributed by atoms with Gasteiger partial charge in [-0.3, -0.25) is 9.80 Å². The van der Waals surface area contributed by atoms with Gasteiger partial charge in [0.1, 0.15) is 5.69 Å². The molecule has 2 aromatic carbocycles. The van der Waals surface area contributed by atoms with Crippen molar-refractivity contribution in [3.63, 3.8) is 0 Å². The third-order valence-corrected chi connectivity index (χ3v) is 6.25. The molecule has 1 fully saturated rings. The second kappa shape index (κ2) is 11.6. The molecule has 4 rings (SSSR count). The van der Waals surface area contributed by atoms with Crippen molar-refractivity contribution in [2.45, 2.75) is 19.4 Å². The Kier molecular flexibility index (Phi) is 8.08. The fourth-order valence-corrected chi connectivity index (χ4v) is 4.40. The number of methoxy groups -OCH3 is 1. The van der Waals surface area contributed by atoms with Crippen LogP contribution in [0.3, 0.4) is 0 Å². The molecule has 0 radical (unpaired) electrons. The Morgan fingerprint density at radius 2 is 1.56 bits per heavy atom. The number of nitrogens with zero attached hydrogens (tertiary/aromatic N) is 3. The van der Waals surface area contributed by atoms with Gasteiger partial charge in [-0.1, -0.05) is 72.7 Å². The first-order chi connectivity index (χ1) is 16.7. The number of piperazine rings is 1. The standard InChI is InChI=1S/C29H31N3O2/c1-23-16-17-26(30-27(23)29(33)34-2)15-9-10-18-31-19-21-32(22-20-31)28(24-11-5-3-6-12-24)25-13-7-4-8-14-25/h3-8,11-14,16-17,28H,10,18-22H2,1-2H3. The van der Waals surface area contributed by atoms with Crippen molar-refractivity contribution in [1.82, 2.24) is 14.8 Å². The molecule has 1 aliphatic rings. The van der Waals surface area contributed by atoms with Gasteiger partial charge in [-0.05, 0) is 35.6 Å². The van der Waals surface area contributed by atoms with E-state index in [1.807, 2.05) is 19.1 Å². The molecule has 0 spiro atoms. The molecule has 0 saturated carbocycles. The summed E-state index contributed by atoms with van der Waals surface area (Å²) < 4.78 is 4.80. The predicted octanol–water partition coefficient (Wildman–Crippen LogP) is 4.33. The quantitative estimate of drug-likeness (QED) is 0.411. The van der Waals surface area contributed by atoms with Crippen LogP contribution in [0, 0.1) is 18.8 Å². The molecule has 0 unspecified atom stereocenters. The maximum atomic E-state index is 11.8. The van der Waals surface area contributed by atoms with Crippen molar-refractivity contribution in [2.24, 2.45) is 0 Å². The van der Waals surface area contributed by atoms with E-state index in [4.69, 9.17) is 4.74 Å². The molecule has 1 aliphatic heterocycles. The second-order valence-electron chi connectivity index (χ2n) is 8.51. The molecule has 5 nitrogen and oxygen atoms in total. The van der Waals surface area contributed by atoms with Gasteiger partial charge in [0.15, 0.2) is 5.69 Å². The lowest BCUT2D eigenvalue weighted by molar-refractivity contribution is 0.0593. The van der Waals surface area contributed by atoms with Crippen LogP contribution in [-0.4, -0.2) is 60.6 Å². The van der Waals surface area contributed by atoms with Crippen LogP contribution in [0.1, 0.15) is 45.3 Å². The number of hydrogen-bond acceptors (Lipinski definition) is 5. The highest BCUT2D eigenvalue weighted by Crippen LogP contribution is 2.29. The second-order valence-corrected chi connectivity index (χ2v) is 8.51. The number of pyridine rings is 1. The lowest BCUT2D eigenvalue weighted by Gasteiger charge is -2.39. The summed E-state index contributed by atoms with van der Waals surface area (Å²) in [4.78, 5) is 21.2. The minimum absolute atomic E-state index is 0.279. The largest absolute Gasteiger partial charge is 0.464 e.